The van der Waals surface area contributed by atoms with Crippen molar-refractivity contribution in [2.45, 2.75) is 12.8 Å². The molecule has 27 heavy (non-hydrogen) atoms. The van der Waals surface area contributed by atoms with Crippen molar-refractivity contribution in [3.63, 3.8) is 0 Å². The molecule has 1 atom stereocenters. The Hall–Kier alpha value is -2.61. The minimum Gasteiger partial charge on any atom is -0.482 e. The highest BCUT2D eigenvalue weighted by Crippen LogP contribution is 2.22. The quantitative estimate of drug-likeness (QED) is 0.819. The van der Waals surface area contributed by atoms with Crippen LogP contribution in [0.15, 0.2) is 24.3 Å². The van der Waals surface area contributed by atoms with Crippen molar-refractivity contribution >= 4 is 17.8 Å². The summed E-state index contributed by atoms with van der Waals surface area (Å²) in [7, 11) is 0. The van der Waals surface area contributed by atoms with Crippen molar-refractivity contribution < 1.29 is 29.0 Å². The maximum atomic E-state index is 12.8. The van der Waals surface area contributed by atoms with E-state index in [1.54, 1.807) is 29.2 Å². The molecule has 1 aromatic rings. The second-order valence-corrected chi connectivity index (χ2v) is 6.74. The highest BCUT2D eigenvalue weighted by atomic mass is 16.5. The van der Waals surface area contributed by atoms with Gasteiger partial charge in [-0.25, -0.2) is 4.79 Å². The summed E-state index contributed by atoms with van der Waals surface area (Å²) in [6.07, 6.45) is 1.56. The molecule has 0 aliphatic carbocycles. The minimum absolute atomic E-state index is 0.0920. The van der Waals surface area contributed by atoms with Crippen molar-refractivity contribution in [2.75, 3.05) is 46.0 Å². The Kier molecular flexibility index (Phi) is 6.28. The van der Waals surface area contributed by atoms with Crippen molar-refractivity contribution in [2.24, 2.45) is 5.92 Å². The second kappa shape index (κ2) is 8.85. The molecule has 1 aromatic carbocycles. The maximum absolute atomic E-state index is 12.8. The number of benzene rings is 1. The molecule has 3 rings (SSSR count). The molecule has 2 aliphatic rings. The van der Waals surface area contributed by atoms with E-state index in [-0.39, 0.29) is 17.7 Å². The average molecular weight is 376 g/mol. The number of carbonyl (C=O) groups is 3. The molecule has 0 aromatic heterocycles. The first-order valence-corrected chi connectivity index (χ1v) is 9.15. The normalized spacial score (nSPS) is 20.2. The number of hydrogen-bond acceptors (Lipinski definition) is 5. The van der Waals surface area contributed by atoms with Gasteiger partial charge in [-0.2, -0.15) is 0 Å². The van der Waals surface area contributed by atoms with Gasteiger partial charge in [-0.1, -0.05) is 6.07 Å². The van der Waals surface area contributed by atoms with Crippen LogP contribution in [0.4, 0.5) is 0 Å². The van der Waals surface area contributed by atoms with E-state index >= 15 is 0 Å². The minimum atomic E-state index is -1.08. The first-order valence-electron chi connectivity index (χ1n) is 9.15. The fourth-order valence-corrected chi connectivity index (χ4v) is 3.45. The van der Waals surface area contributed by atoms with Crippen LogP contribution in [0.25, 0.3) is 0 Å². The molecule has 1 N–H and O–H groups in total. The third-order valence-electron chi connectivity index (χ3n) is 4.82. The number of hydrogen-bond donors (Lipinski definition) is 1. The second-order valence-electron chi connectivity index (χ2n) is 6.74. The van der Waals surface area contributed by atoms with E-state index in [2.05, 4.69) is 0 Å². The third kappa shape index (κ3) is 4.97. The standard InChI is InChI=1S/C19H24N2O6/c22-17(23)13-27-16-5-1-3-14(11-16)18(24)21-6-2-4-15(12-21)19(25)20-7-9-26-10-8-20/h1,3,5,11,15H,2,4,6-10,12-13H2,(H,22,23). The summed E-state index contributed by atoms with van der Waals surface area (Å²) in [6.45, 7) is 2.87. The molecule has 0 saturated carbocycles. The number of ether oxygens (including phenoxy) is 2. The van der Waals surface area contributed by atoms with E-state index in [1.165, 1.54) is 0 Å². The molecule has 146 valence electrons. The van der Waals surface area contributed by atoms with Crippen molar-refractivity contribution in [3.05, 3.63) is 29.8 Å². The number of carbonyl (C=O) groups excluding carboxylic acids is 2. The fourth-order valence-electron chi connectivity index (χ4n) is 3.45. The van der Waals surface area contributed by atoms with Crippen LogP contribution in [0.5, 0.6) is 5.75 Å². The maximum Gasteiger partial charge on any atom is 0.341 e. The summed E-state index contributed by atoms with van der Waals surface area (Å²) < 4.78 is 10.4. The third-order valence-corrected chi connectivity index (χ3v) is 4.82. The fraction of sp³-hybridized carbons (Fsp3) is 0.526. The smallest absolute Gasteiger partial charge is 0.341 e. The molecule has 2 aliphatic heterocycles. The number of aliphatic carboxylic acids is 1. The lowest BCUT2D eigenvalue weighted by molar-refractivity contribution is -0.141. The summed E-state index contributed by atoms with van der Waals surface area (Å²) in [5, 5.41) is 8.70. The van der Waals surface area contributed by atoms with E-state index in [0.717, 1.165) is 12.8 Å². The van der Waals surface area contributed by atoms with Crippen LogP contribution in [-0.2, 0) is 14.3 Å². The molecule has 0 bridgehead atoms. The lowest BCUT2D eigenvalue weighted by atomic mass is 9.95. The summed E-state index contributed by atoms with van der Waals surface area (Å²) in [5.74, 6) is -1.01. The Labute approximate surface area is 157 Å². The van der Waals surface area contributed by atoms with Crippen molar-refractivity contribution in [1.82, 2.24) is 9.80 Å². The molecular weight excluding hydrogens is 352 g/mol. The Morgan fingerprint density at radius 1 is 1.15 bits per heavy atom. The van der Waals surface area contributed by atoms with Gasteiger partial charge in [0.05, 0.1) is 19.1 Å². The van der Waals surface area contributed by atoms with E-state index in [1.807, 2.05) is 4.90 Å². The Morgan fingerprint density at radius 3 is 2.67 bits per heavy atom. The first-order chi connectivity index (χ1) is 13.0. The van der Waals surface area contributed by atoms with Crippen molar-refractivity contribution in [1.29, 1.82) is 0 Å². The van der Waals surface area contributed by atoms with E-state index in [4.69, 9.17) is 14.6 Å². The van der Waals surface area contributed by atoms with Gasteiger partial charge in [-0.3, -0.25) is 9.59 Å². The predicted molar refractivity (Wildman–Crippen MR) is 95.6 cm³/mol. The van der Waals surface area contributed by atoms with E-state index in [9.17, 15) is 14.4 Å². The highest BCUT2D eigenvalue weighted by molar-refractivity contribution is 5.95. The van der Waals surface area contributed by atoms with Gasteiger partial charge in [0, 0.05) is 31.7 Å². The SMILES string of the molecule is O=C(O)COc1cccc(C(=O)N2CCCC(C(=O)N3CCOCC3)C2)c1. The van der Waals surface area contributed by atoms with Gasteiger partial charge in [0.1, 0.15) is 5.75 Å². The van der Waals surface area contributed by atoms with Gasteiger partial charge in [0.15, 0.2) is 6.61 Å². The number of carboxylic acid groups (broad SMARTS) is 1. The van der Waals surface area contributed by atoms with Crippen LogP contribution in [0.2, 0.25) is 0 Å². The summed E-state index contributed by atoms with van der Waals surface area (Å²) in [5.41, 5.74) is 0.428. The number of likely N-dealkylation sites (tertiary alicyclic amines) is 1. The molecule has 8 heteroatoms. The predicted octanol–water partition coefficient (Wildman–Crippen LogP) is 0.861. The molecule has 2 heterocycles. The molecule has 1 unspecified atom stereocenters. The van der Waals surface area contributed by atoms with Gasteiger partial charge in [0.25, 0.3) is 5.91 Å². The molecule has 8 nitrogen and oxygen atoms in total. The zero-order valence-electron chi connectivity index (χ0n) is 15.1. The molecule has 2 saturated heterocycles. The van der Waals surface area contributed by atoms with Gasteiger partial charge in [-0.05, 0) is 31.0 Å². The van der Waals surface area contributed by atoms with Crippen molar-refractivity contribution in [3.8, 4) is 5.75 Å². The number of amides is 2. The molecular formula is C19H24N2O6. The van der Waals surface area contributed by atoms with Crippen LogP contribution < -0.4 is 4.74 Å². The first kappa shape index (κ1) is 19.2. The number of piperidine rings is 1. The van der Waals surface area contributed by atoms with E-state index < -0.39 is 12.6 Å². The lowest BCUT2D eigenvalue weighted by Crippen LogP contribution is -2.49. The number of morpholine rings is 1. The molecule has 2 fully saturated rings. The zero-order valence-corrected chi connectivity index (χ0v) is 15.1. The Morgan fingerprint density at radius 2 is 1.93 bits per heavy atom. The van der Waals surface area contributed by atoms with Gasteiger partial charge in [-0.15, -0.1) is 0 Å². The van der Waals surface area contributed by atoms with Crippen LogP contribution in [0.1, 0.15) is 23.2 Å². The number of rotatable bonds is 5. The molecule has 0 radical (unpaired) electrons. The zero-order chi connectivity index (χ0) is 19.2. The average Bonchev–Trinajstić information content (AvgIpc) is 2.72. The largest absolute Gasteiger partial charge is 0.482 e. The Bertz CT molecular complexity index is 701. The van der Waals surface area contributed by atoms with Crippen LogP contribution in [0, 0.1) is 5.92 Å². The van der Waals surface area contributed by atoms with Crippen LogP contribution in [0.3, 0.4) is 0 Å². The molecule has 0 spiro atoms. The summed E-state index contributed by atoms with van der Waals surface area (Å²) in [6, 6.07) is 6.48. The Balaban J connectivity index is 1.63. The van der Waals surface area contributed by atoms with Gasteiger partial charge in [0.2, 0.25) is 5.91 Å². The van der Waals surface area contributed by atoms with Crippen LogP contribution >= 0.6 is 0 Å². The van der Waals surface area contributed by atoms with Crippen LogP contribution in [-0.4, -0.2) is 78.7 Å². The van der Waals surface area contributed by atoms with Gasteiger partial charge >= 0.3 is 5.97 Å². The topological polar surface area (TPSA) is 96.4 Å². The van der Waals surface area contributed by atoms with E-state index in [0.29, 0.717) is 50.7 Å². The number of carboxylic acids is 1. The lowest BCUT2D eigenvalue weighted by Gasteiger charge is -2.36. The summed E-state index contributed by atoms with van der Waals surface area (Å²) >= 11 is 0. The monoisotopic (exact) mass is 376 g/mol. The molecule has 2 amide bonds. The number of nitrogens with zero attached hydrogens (tertiary/aromatic N) is 2. The highest BCUT2D eigenvalue weighted by Gasteiger charge is 2.32. The van der Waals surface area contributed by atoms with Gasteiger partial charge < -0.3 is 24.4 Å². The summed E-state index contributed by atoms with van der Waals surface area (Å²) in [4.78, 5) is 39.7.